The van der Waals surface area contributed by atoms with Gasteiger partial charge in [-0.15, -0.1) is 0 Å². The van der Waals surface area contributed by atoms with Crippen molar-refractivity contribution in [2.45, 2.75) is 56.2 Å². The van der Waals surface area contributed by atoms with E-state index in [0.717, 1.165) is 25.4 Å². The summed E-state index contributed by atoms with van der Waals surface area (Å²) in [6.45, 7) is 8.04. The maximum atomic E-state index is 11.5. The van der Waals surface area contributed by atoms with E-state index in [1.54, 1.807) is 0 Å². The van der Waals surface area contributed by atoms with Crippen LogP contribution in [-0.4, -0.2) is 36.8 Å². The molecule has 1 N–H and O–H groups in total. The van der Waals surface area contributed by atoms with Gasteiger partial charge < -0.3 is 5.11 Å². The van der Waals surface area contributed by atoms with Gasteiger partial charge in [0.15, 0.2) is 0 Å². The fourth-order valence-corrected chi connectivity index (χ4v) is 6.93. The fourth-order valence-electron chi connectivity index (χ4n) is 5.41. The van der Waals surface area contributed by atoms with Gasteiger partial charge in [0, 0.05) is 20.7 Å². The molecule has 0 aromatic heterocycles. The van der Waals surface area contributed by atoms with Crippen LogP contribution < -0.4 is 0 Å². The number of likely N-dealkylation sites (tertiary alicyclic amines) is 1. The van der Waals surface area contributed by atoms with Crippen molar-refractivity contribution in [3.8, 4) is 0 Å². The van der Waals surface area contributed by atoms with Crippen LogP contribution >= 0.6 is 0 Å². The highest BCUT2D eigenvalue weighted by molar-refractivity contribution is 6.76. The first-order valence-corrected chi connectivity index (χ1v) is 15.2. The topological polar surface area (TPSA) is 23.5 Å². The van der Waals surface area contributed by atoms with E-state index in [4.69, 9.17) is 0 Å². The molecule has 0 amide bonds. The number of hydrogen-bond acceptors (Lipinski definition) is 2. The molecule has 3 heteroatoms. The minimum absolute atomic E-state index is 0.146. The average molecular weight is 430 g/mol. The molecule has 1 aliphatic rings. The number of benzene rings is 3. The average Bonchev–Trinajstić information content (AvgIpc) is 3.26. The molecule has 0 spiro atoms. The van der Waals surface area contributed by atoms with Gasteiger partial charge in [-0.2, -0.15) is 0 Å². The Bertz CT molecular complexity index is 856. The monoisotopic (exact) mass is 429 g/mol. The van der Waals surface area contributed by atoms with Crippen molar-refractivity contribution in [2.24, 2.45) is 0 Å². The third-order valence-corrected chi connectivity index (χ3v) is 8.21. The van der Waals surface area contributed by atoms with E-state index in [-0.39, 0.29) is 12.1 Å². The molecule has 0 unspecified atom stereocenters. The van der Waals surface area contributed by atoms with Crippen molar-refractivity contribution in [3.63, 3.8) is 0 Å². The summed E-state index contributed by atoms with van der Waals surface area (Å²) in [6.07, 6.45) is 1.85. The van der Waals surface area contributed by atoms with Crippen molar-refractivity contribution in [1.82, 2.24) is 4.90 Å². The Balaban J connectivity index is 1.94. The zero-order valence-electron chi connectivity index (χ0n) is 19.0. The molecule has 1 aliphatic heterocycles. The van der Waals surface area contributed by atoms with Crippen molar-refractivity contribution in [2.75, 3.05) is 6.54 Å². The lowest BCUT2D eigenvalue weighted by molar-refractivity contribution is 0.0429. The SMILES string of the molecule is C[Si](C)(C)C[C@H](O)[C@H]1CCCN1C(c1ccccc1)(c1ccccc1)c1ccccc1. The summed E-state index contributed by atoms with van der Waals surface area (Å²) in [7, 11) is -1.39. The van der Waals surface area contributed by atoms with Crippen molar-refractivity contribution >= 4 is 8.07 Å². The maximum absolute atomic E-state index is 11.5. The third-order valence-electron chi connectivity index (χ3n) is 6.57. The van der Waals surface area contributed by atoms with Crippen LogP contribution in [0.25, 0.3) is 0 Å². The fraction of sp³-hybridized carbons (Fsp3) is 0.357. The molecular formula is C28H35NOSi. The Morgan fingerprint density at radius 1 is 0.806 bits per heavy atom. The lowest BCUT2D eigenvalue weighted by Gasteiger charge is -2.48. The zero-order valence-corrected chi connectivity index (χ0v) is 20.0. The van der Waals surface area contributed by atoms with E-state index in [2.05, 4.69) is 116 Å². The molecule has 3 aromatic carbocycles. The van der Waals surface area contributed by atoms with Crippen molar-refractivity contribution < 1.29 is 5.11 Å². The number of rotatable bonds is 7. The summed E-state index contributed by atoms with van der Waals surface area (Å²) in [6, 6.07) is 33.7. The van der Waals surface area contributed by atoms with E-state index in [1.807, 2.05) is 0 Å². The van der Waals surface area contributed by atoms with Gasteiger partial charge in [-0.1, -0.05) is 111 Å². The molecule has 162 valence electrons. The standard InChI is InChI=1S/C28H35NOSi/c1-31(2,3)22-27(30)26-20-13-21-29(26)28(23-14-7-4-8-15-23,24-16-9-5-10-17-24)25-18-11-6-12-19-25/h4-12,14-19,26-27,30H,13,20-22H2,1-3H3/t26-,27+/m1/s1. The quantitative estimate of drug-likeness (QED) is 0.360. The van der Waals surface area contributed by atoms with E-state index < -0.39 is 13.6 Å². The van der Waals surface area contributed by atoms with E-state index >= 15 is 0 Å². The van der Waals surface area contributed by atoms with E-state index in [0.29, 0.717) is 0 Å². The molecule has 2 nitrogen and oxygen atoms in total. The number of nitrogens with zero attached hydrogens (tertiary/aromatic N) is 1. The van der Waals surface area contributed by atoms with Crippen LogP contribution in [0.15, 0.2) is 91.0 Å². The normalized spacial score (nSPS) is 18.8. The molecule has 31 heavy (non-hydrogen) atoms. The summed E-state index contributed by atoms with van der Waals surface area (Å²) >= 11 is 0. The predicted molar refractivity (Wildman–Crippen MR) is 133 cm³/mol. The van der Waals surface area contributed by atoms with Gasteiger partial charge in [0.2, 0.25) is 0 Å². The van der Waals surface area contributed by atoms with Crippen LogP contribution in [0.2, 0.25) is 25.7 Å². The highest BCUT2D eigenvalue weighted by Gasteiger charge is 2.48. The first-order valence-electron chi connectivity index (χ1n) is 11.5. The Morgan fingerprint density at radius 2 is 1.23 bits per heavy atom. The second-order valence-electron chi connectivity index (χ2n) is 10.0. The molecule has 2 atom stereocenters. The van der Waals surface area contributed by atoms with Gasteiger partial charge in [0.25, 0.3) is 0 Å². The Hall–Kier alpha value is -2.20. The Morgan fingerprint density at radius 3 is 1.61 bits per heavy atom. The molecule has 1 heterocycles. The second kappa shape index (κ2) is 9.11. The zero-order chi connectivity index (χ0) is 21.9. The van der Waals surface area contributed by atoms with E-state index in [1.165, 1.54) is 16.7 Å². The summed E-state index contributed by atoms with van der Waals surface area (Å²) < 4.78 is 0. The van der Waals surface area contributed by atoms with Crippen LogP contribution in [0.5, 0.6) is 0 Å². The lowest BCUT2D eigenvalue weighted by atomic mass is 9.75. The summed E-state index contributed by atoms with van der Waals surface area (Å²) in [4.78, 5) is 2.61. The maximum Gasteiger partial charge on any atom is 0.0976 e. The molecule has 0 saturated carbocycles. The van der Waals surface area contributed by atoms with Crippen LogP contribution in [0.4, 0.5) is 0 Å². The lowest BCUT2D eigenvalue weighted by Crippen LogP contribution is -2.54. The predicted octanol–water partition coefficient (Wildman–Crippen LogP) is 6.14. The summed E-state index contributed by atoms with van der Waals surface area (Å²) in [5.74, 6) is 0. The highest BCUT2D eigenvalue weighted by atomic mass is 28.3. The van der Waals surface area contributed by atoms with Gasteiger partial charge in [-0.05, 0) is 35.6 Å². The van der Waals surface area contributed by atoms with Crippen LogP contribution in [0.3, 0.4) is 0 Å². The molecule has 0 aliphatic carbocycles. The van der Waals surface area contributed by atoms with E-state index in [9.17, 15) is 5.11 Å². The first kappa shape index (κ1) is 22.0. The van der Waals surface area contributed by atoms with Crippen molar-refractivity contribution in [3.05, 3.63) is 108 Å². The largest absolute Gasteiger partial charge is 0.392 e. The minimum Gasteiger partial charge on any atom is -0.392 e. The first-order chi connectivity index (χ1) is 14.9. The molecule has 3 aromatic rings. The summed E-state index contributed by atoms with van der Waals surface area (Å²) in [5, 5.41) is 11.5. The molecule has 0 bridgehead atoms. The Kier molecular flexibility index (Phi) is 6.47. The molecular weight excluding hydrogens is 394 g/mol. The van der Waals surface area contributed by atoms with Gasteiger partial charge in [0.1, 0.15) is 0 Å². The minimum atomic E-state index is -1.39. The number of aliphatic hydroxyl groups is 1. The summed E-state index contributed by atoms with van der Waals surface area (Å²) in [5.41, 5.74) is 3.37. The van der Waals surface area contributed by atoms with Gasteiger partial charge >= 0.3 is 0 Å². The smallest absolute Gasteiger partial charge is 0.0976 e. The third kappa shape index (κ3) is 4.41. The molecule has 1 saturated heterocycles. The molecule has 4 rings (SSSR count). The molecule has 1 fully saturated rings. The number of aliphatic hydroxyl groups excluding tert-OH is 1. The van der Waals surface area contributed by atoms with Crippen LogP contribution in [0, 0.1) is 0 Å². The second-order valence-corrected chi connectivity index (χ2v) is 15.6. The van der Waals surface area contributed by atoms with Gasteiger partial charge in [0.05, 0.1) is 11.6 Å². The van der Waals surface area contributed by atoms with Crippen molar-refractivity contribution in [1.29, 1.82) is 0 Å². The van der Waals surface area contributed by atoms with Gasteiger partial charge in [-0.25, -0.2) is 0 Å². The van der Waals surface area contributed by atoms with Crippen LogP contribution in [0.1, 0.15) is 29.5 Å². The van der Waals surface area contributed by atoms with Gasteiger partial charge in [-0.3, -0.25) is 4.90 Å². The number of hydrogen-bond donors (Lipinski definition) is 1. The molecule has 0 radical (unpaired) electrons. The van der Waals surface area contributed by atoms with Crippen LogP contribution in [-0.2, 0) is 5.54 Å². The highest BCUT2D eigenvalue weighted by Crippen LogP contribution is 2.46. The Labute approximate surface area is 188 Å².